The summed E-state index contributed by atoms with van der Waals surface area (Å²) in [5, 5.41) is 2.43. The summed E-state index contributed by atoms with van der Waals surface area (Å²) in [5.74, 6) is 1.71. The van der Waals surface area contributed by atoms with Crippen molar-refractivity contribution >= 4 is 21.6 Å². The summed E-state index contributed by atoms with van der Waals surface area (Å²) in [6.45, 7) is 0. The van der Waals surface area contributed by atoms with Gasteiger partial charge in [-0.05, 0) is 29.7 Å². The molecule has 0 aliphatic rings. The summed E-state index contributed by atoms with van der Waals surface area (Å²) >= 11 is 1.44. The van der Waals surface area contributed by atoms with Crippen LogP contribution in [0, 0.1) is 0 Å². The van der Waals surface area contributed by atoms with Crippen molar-refractivity contribution in [3.05, 3.63) is 75.8 Å². The minimum absolute atomic E-state index is 0.362. The van der Waals surface area contributed by atoms with Crippen molar-refractivity contribution in [2.45, 2.75) is 12.8 Å². The van der Waals surface area contributed by atoms with E-state index in [9.17, 15) is 4.79 Å². The molecule has 0 unspecified atom stereocenters. The number of benzene rings is 2. The van der Waals surface area contributed by atoms with E-state index in [0.29, 0.717) is 34.0 Å². The number of rotatable bonds is 6. The van der Waals surface area contributed by atoms with Crippen molar-refractivity contribution in [3.63, 3.8) is 0 Å². The zero-order chi connectivity index (χ0) is 19.5. The molecule has 142 valence electrons. The zero-order valence-electron chi connectivity index (χ0n) is 15.6. The van der Waals surface area contributed by atoms with E-state index in [-0.39, 0.29) is 5.63 Å². The van der Waals surface area contributed by atoms with Crippen LogP contribution in [0.4, 0.5) is 0 Å². The second-order valence-corrected chi connectivity index (χ2v) is 7.14. The van der Waals surface area contributed by atoms with Gasteiger partial charge in [-0.25, -0.2) is 9.78 Å². The Morgan fingerprint density at radius 1 is 1.00 bits per heavy atom. The first-order valence-electron chi connectivity index (χ1n) is 8.87. The molecule has 4 aromatic rings. The summed E-state index contributed by atoms with van der Waals surface area (Å²) in [5.41, 5.74) is 2.47. The molecule has 0 bridgehead atoms. The Hall–Kier alpha value is -3.12. The molecule has 0 N–H and O–H groups in total. The maximum Gasteiger partial charge on any atom is 0.348 e. The number of nitrogens with zero attached hydrogens (tertiary/aromatic N) is 1. The zero-order valence-corrected chi connectivity index (χ0v) is 16.4. The molecule has 4 rings (SSSR count). The number of hydrogen-bond donors (Lipinski definition) is 0. The molecule has 0 amide bonds. The van der Waals surface area contributed by atoms with Gasteiger partial charge in [0.1, 0.15) is 10.2 Å². The first kappa shape index (κ1) is 18.3. The fourth-order valence-corrected chi connectivity index (χ4v) is 4.09. The lowest BCUT2D eigenvalue weighted by Gasteiger charge is -2.09. The van der Waals surface area contributed by atoms with E-state index in [1.54, 1.807) is 14.2 Å². The van der Waals surface area contributed by atoms with Crippen molar-refractivity contribution < 1.29 is 13.9 Å². The van der Waals surface area contributed by atoms with Gasteiger partial charge in [0.15, 0.2) is 17.4 Å². The molecule has 0 spiro atoms. The van der Waals surface area contributed by atoms with E-state index in [0.717, 1.165) is 17.5 Å². The summed E-state index contributed by atoms with van der Waals surface area (Å²) in [4.78, 5) is 17.9. The second kappa shape index (κ2) is 7.86. The van der Waals surface area contributed by atoms with Gasteiger partial charge in [0.2, 0.25) is 0 Å². The summed E-state index contributed by atoms with van der Waals surface area (Å²) in [6.07, 6.45) is 1.36. The molecule has 0 atom stereocenters. The second-order valence-electron chi connectivity index (χ2n) is 6.28. The summed E-state index contributed by atoms with van der Waals surface area (Å²) < 4.78 is 16.2. The first-order valence-corrected chi connectivity index (χ1v) is 9.75. The van der Waals surface area contributed by atoms with E-state index in [2.05, 4.69) is 17.1 Å². The van der Waals surface area contributed by atoms with Gasteiger partial charge in [-0.2, -0.15) is 0 Å². The van der Waals surface area contributed by atoms with Gasteiger partial charge in [0, 0.05) is 17.4 Å². The van der Waals surface area contributed by atoms with Crippen LogP contribution in [0.2, 0.25) is 0 Å². The molecule has 0 fully saturated rings. The quantitative estimate of drug-likeness (QED) is 0.474. The fourth-order valence-electron chi connectivity index (χ4n) is 3.14. The minimum atomic E-state index is -0.362. The van der Waals surface area contributed by atoms with E-state index in [1.807, 2.05) is 41.8 Å². The fraction of sp³-hybridized carbons (Fsp3) is 0.182. The van der Waals surface area contributed by atoms with Crippen molar-refractivity contribution in [2.24, 2.45) is 0 Å². The van der Waals surface area contributed by atoms with Crippen LogP contribution in [0.25, 0.3) is 21.3 Å². The van der Waals surface area contributed by atoms with Crippen LogP contribution in [0.15, 0.2) is 63.1 Å². The topological polar surface area (TPSA) is 61.6 Å². The average molecular weight is 393 g/mol. The van der Waals surface area contributed by atoms with Crippen molar-refractivity contribution in [2.75, 3.05) is 14.2 Å². The highest BCUT2D eigenvalue weighted by Crippen LogP contribution is 2.36. The van der Waals surface area contributed by atoms with Crippen LogP contribution >= 0.6 is 11.3 Å². The van der Waals surface area contributed by atoms with Gasteiger partial charge in [-0.15, -0.1) is 11.3 Å². The largest absolute Gasteiger partial charge is 0.493 e. The molecule has 28 heavy (non-hydrogen) atoms. The Bertz CT molecular complexity index is 1160. The van der Waals surface area contributed by atoms with Gasteiger partial charge >= 0.3 is 5.63 Å². The third kappa shape index (κ3) is 3.51. The van der Waals surface area contributed by atoms with Crippen molar-refractivity contribution in [3.8, 4) is 22.6 Å². The molecule has 2 heterocycles. The van der Waals surface area contributed by atoms with Gasteiger partial charge < -0.3 is 13.9 Å². The van der Waals surface area contributed by atoms with E-state index >= 15 is 0 Å². The smallest absolute Gasteiger partial charge is 0.348 e. The van der Waals surface area contributed by atoms with E-state index < -0.39 is 0 Å². The Kier molecular flexibility index (Phi) is 5.12. The van der Waals surface area contributed by atoms with Crippen LogP contribution in [0.1, 0.15) is 11.5 Å². The molecule has 0 radical (unpaired) electrons. The lowest BCUT2D eigenvalue weighted by Crippen LogP contribution is -2.05. The van der Waals surface area contributed by atoms with Gasteiger partial charge in [0.25, 0.3) is 0 Å². The lowest BCUT2D eigenvalue weighted by molar-refractivity contribution is 0.355. The average Bonchev–Trinajstić information content (AvgIpc) is 3.17. The molecular weight excluding hydrogens is 374 g/mol. The minimum Gasteiger partial charge on any atom is -0.493 e. The van der Waals surface area contributed by atoms with E-state index in [1.165, 1.54) is 16.9 Å². The third-order valence-electron chi connectivity index (χ3n) is 4.58. The number of ether oxygens (including phenoxy) is 2. The molecule has 0 aliphatic carbocycles. The highest BCUT2D eigenvalue weighted by molar-refractivity contribution is 7.17. The number of hydrogen-bond acceptors (Lipinski definition) is 6. The number of thiophene rings is 1. The Morgan fingerprint density at radius 3 is 2.54 bits per heavy atom. The predicted octanol–water partition coefficient (Wildman–Crippen LogP) is 4.72. The molecule has 0 aliphatic heterocycles. The van der Waals surface area contributed by atoms with Gasteiger partial charge in [-0.1, -0.05) is 36.4 Å². The maximum absolute atomic E-state index is 12.7. The van der Waals surface area contributed by atoms with Crippen LogP contribution in [0.3, 0.4) is 0 Å². The molecule has 2 aromatic heterocycles. The summed E-state index contributed by atoms with van der Waals surface area (Å²) in [7, 11) is 3.18. The molecule has 2 aromatic carbocycles. The molecule has 0 saturated carbocycles. The molecule has 6 heteroatoms. The maximum atomic E-state index is 12.7. The molecular formula is C22H19NO4S. The number of aromatic nitrogens is 1. The molecule has 5 nitrogen and oxygen atoms in total. The lowest BCUT2D eigenvalue weighted by atomic mass is 10.1. The molecule has 0 saturated heterocycles. The van der Waals surface area contributed by atoms with Crippen LogP contribution in [-0.2, 0) is 12.8 Å². The van der Waals surface area contributed by atoms with Gasteiger partial charge in [0.05, 0.1) is 14.2 Å². The Labute approximate surface area is 166 Å². The number of aryl methyl sites for hydroxylation is 2. The summed E-state index contributed by atoms with van der Waals surface area (Å²) in [6, 6.07) is 15.6. The van der Waals surface area contributed by atoms with Crippen molar-refractivity contribution in [1.82, 2.24) is 4.98 Å². The normalized spacial score (nSPS) is 10.9. The monoisotopic (exact) mass is 393 g/mol. The Balaban J connectivity index is 1.68. The first-order chi connectivity index (χ1) is 13.7. The van der Waals surface area contributed by atoms with Crippen molar-refractivity contribution in [1.29, 1.82) is 0 Å². The highest BCUT2D eigenvalue weighted by Gasteiger charge is 2.16. The van der Waals surface area contributed by atoms with Crippen LogP contribution in [0.5, 0.6) is 11.5 Å². The van der Waals surface area contributed by atoms with Crippen LogP contribution < -0.4 is 15.1 Å². The SMILES string of the molecule is COc1ccc(-c2csc3nc(CCc4ccccc4)oc(=O)c23)cc1OC. The standard InChI is InChI=1S/C22H19NO4S/c1-25-17-10-9-15(12-18(17)26-2)16-13-28-21-20(16)22(24)27-19(23-21)11-8-14-6-4-3-5-7-14/h3-7,9-10,12-13H,8,11H2,1-2H3. The van der Waals surface area contributed by atoms with Crippen LogP contribution in [-0.4, -0.2) is 19.2 Å². The van der Waals surface area contributed by atoms with E-state index in [4.69, 9.17) is 13.9 Å². The Morgan fingerprint density at radius 2 is 1.79 bits per heavy atom. The predicted molar refractivity (Wildman–Crippen MR) is 111 cm³/mol. The number of fused-ring (bicyclic) bond motifs is 1. The number of methoxy groups -OCH3 is 2. The van der Waals surface area contributed by atoms with Gasteiger partial charge in [-0.3, -0.25) is 0 Å². The third-order valence-corrected chi connectivity index (χ3v) is 5.45. The highest BCUT2D eigenvalue weighted by atomic mass is 32.1.